The van der Waals surface area contributed by atoms with Crippen molar-refractivity contribution in [2.45, 2.75) is 19.3 Å². The van der Waals surface area contributed by atoms with E-state index in [4.69, 9.17) is 10.5 Å². The van der Waals surface area contributed by atoms with Crippen LogP contribution in [0.15, 0.2) is 61.2 Å². The van der Waals surface area contributed by atoms with E-state index in [1.54, 1.807) is 0 Å². The molecule has 0 aromatic heterocycles. The van der Waals surface area contributed by atoms with Crippen molar-refractivity contribution < 1.29 is 4.74 Å². The molecule has 20 heavy (non-hydrogen) atoms. The normalized spacial score (nSPS) is 10.2. The zero-order chi connectivity index (χ0) is 14.2. The second-order valence-electron chi connectivity index (χ2n) is 4.80. The fraction of sp³-hybridized carbons (Fsp3) is 0.222. The smallest absolute Gasteiger partial charge is 0.122 e. The highest BCUT2D eigenvalue weighted by atomic mass is 16.5. The van der Waals surface area contributed by atoms with Gasteiger partial charge in [0.1, 0.15) is 5.75 Å². The Labute approximate surface area is 120 Å². The first-order valence-corrected chi connectivity index (χ1v) is 6.95. The van der Waals surface area contributed by atoms with E-state index in [0.717, 1.165) is 36.3 Å². The quantitative estimate of drug-likeness (QED) is 0.467. The van der Waals surface area contributed by atoms with Crippen LogP contribution in [0.3, 0.4) is 0 Å². The molecule has 0 aliphatic heterocycles. The van der Waals surface area contributed by atoms with E-state index < -0.39 is 0 Å². The Kier molecular flexibility index (Phi) is 5.24. The molecule has 0 aliphatic rings. The molecule has 0 aliphatic carbocycles. The van der Waals surface area contributed by atoms with Crippen LogP contribution in [-0.2, 0) is 12.8 Å². The molecular weight excluding hydrogens is 246 g/mol. The molecule has 0 radical (unpaired) electrons. The van der Waals surface area contributed by atoms with E-state index in [0.29, 0.717) is 6.61 Å². The molecule has 0 saturated carbocycles. The van der Waals surface area contributed by atoms with Crippen LogP contribution in [-0.4, -0.2) is 6.61 Å². The van der Waals surface area contributed by atoms with Crippen LogP contribution in [0.4, 0.5) is 5.69 Å². The van der Waals surface area contributed by atoms with E-state index in [9.17, 15) is 0 Å². The molecule has 2 nitrogen and oxygen atoms in total. The van der Waals surface area contributed by atoms with Crippen LogP contribution in [0, 0.1) is 0 Å². The lowest BCUT2D eigenvalue weighted by Crippen LogP contribution is -2.02. The summed E-state index contributed by atoms with van der Waals surface area (Å²) in [6.07, 6.45) is 4.68. The van der Waals surface area contributed by atoms with Gasteiger partial charge >= 0.3 is 0 Å². The number of hydrogen-bond acceptors (Lipinski definition) is 2. The van der Waals surface area contributed by atoms with Gasteiger partial charge in [-0.2, -0.15) is 0 Å². The molecule has 0 saturated heterocycles. The Morgan fingerprint density at radius 2 is 1.90 bits per heavy atom. The standard InChI is InChI=1S/C18H21NO/c1-2-7-16-14-17(19)11-12-18(16)20-13-6-10-15-8-4-3-5-9-15/h2-5,8-9,11-12,14H,1,6-7,10,13,19H2. The van der Waals surface area contributed by atoms with Gasteiger partial charge in [0, 0.05) is 5.69 Å². The van der Waals surface area contributed by atoms with E-state index >= 15 is 0 Å². The van der Waals surface area contributed by atoms with Crippen molar-refractivity contribution in [1.29, 1.82) is 0 Å². The maximum atomic E-state index is 5.86. The first-order chi connectivity index (χ1) is 9.79. The zero-order valence-corrected chi connectivity index (χ0v) is 11.7. The Hall–Kier alpha value is -2.22. The first kappa shape index (κ1) is 14.2. The highest BCUT2D eigenvalue weighted by Crippen LogP contribution is 2.22. The van der Waals surface area contributed by atoms with Gasteiger partial charge in [-0.05, 0) is 48.6 Å². The summed E-state index contributed by atoms with van der Waals surface area (Å²) >= 11 is 0. The van der Waals surface area contributed by atoms with Crippen molar-refractivity contribution in [2.75, 3.05) is 12.3 Å². The minimum absolute atomic E-state index is 0.711. The second kappa shape index (κ2) is 7.39. The molecule has 0 unspecified atom stereocenters. The average molecular weight is 267 g/mol. The van der Waals surface area contributed by atoms with Gasteiger partial charge in [0.2, 0.25) is 0 Å². The van der Waals surface area contributed by atoms with Crippen molar-refractivity contribution in [3.63, 3.8) is 0 Å². The molecule has 0 atom stereocenters. The molecule has 2 aromatic rings. The number of nitrogens with two attached hydrogens (primary N) is 1. The highest BCUT2D eigenvalue weighted by Gasteiger charge is 2.03. The van der Waals surface area contributed by atoms with Crippen LogP contribution >= 0.6 is 0 Å². The van der Waals surface area contributed by atoms with Gasteiger partial charge in [0.25, 0.3) is 0 Å². The molecule has 2 heteroatoms. The van der Waals surface area contributed by atoms with Crippen molar-refractivity contribution >= 4 is 5.69 Å². The van der Waals surface area contributed by atoms with Gasteiger partial charge in [0.15, 0.2) is 0 Å². The molecule has 0 fully saturated rings. The fourth-order valence-electron chi connectivity index (χ4n) is 2.16. The number of anilines is 1. The number of benzene rings is 2. The summed E-state index contributed by atoms with van der Waals surface area (Å²) in [6.45, 7) is 4.48. The largest absolute Gasteiger partial charge is 0.493 e. The Balaban J connectivity index is 1.86. The molecule has 0 spiro atoms. The summed E-state index contributed by atoms with van der Waals surface area (Å²) in [5.41, 5.74) is 9.01. The molecule has 2 rings (SSSR count). The van der Waals surface area contributed by atoms with Crippen molar-refractivity contribution in [3.8, 4) is 5.75 Å². The summed E-state index contributed by atoms with van der Waals surface area (Å²) in [7, 11) is 0. The molecule has 2 N–H and O–H groups in total. The van der Waals surface area contributed by atoms with Crippen LogP contribution in [0.25, 0.3) is 0 Å². The van der Waals surface area contributed by atoms with Gasteiger partial charge in [0.05, 0.1) is 6.61 Å². The summed E-state index contributed by atoms with van der Waals surface area (Å²) in [6, 6.07) is 16.2. The lowest BCUT2D eigenvalue weighted by atomic mass is 10.1. The minimum Gasteiger partial charge on any atom is -0.493 e. The lowest BCUT2D eigenvalue weighted by Gasteiger charge is -2.11. The molecule has 0 amide bonds. The Morgan fingerprint density at radius 1 is 1.10 bits per heavy atom. The second-order valence-corrected chi connectivity index (χ2v) is 4.80. The van der Waals surface area contributed by atoms with Crippen LogP contribution in [0.1, 0.15) is 17.5 Å². The number of ether oxygens (including phenoxy) is 1. The molecular formula is C18H21NO. The SMILES string of the molecule is C=CCc1cc(N)ccc1OCCCc1ccccc1. The summed E-state index contributed by atoms with van der Waals surface area (Å²) in [4.78, 5) is 0. The first-order valence-electron chi connectivity index (χ1n) is 6.95. The molecule has 0 bridgehead atoms. The number of hydrogen-bond donors (Lipinski definition) is 1. The minimum atomic E-state index is 0.711. The van der Waals surface area contributed by atoms with Gasteiger partial charge in [-0.3, -0.25) is 0 Å². The number of aryl methyl sites for hydroxylation is 1. The fourth-order valence-corrected chi connectivity index (χ4v) is 2.16. The van der Waals surface area contributed by atoms with Crippen LogP contribution < -0.4 is 10.5 Å². The van der Waals surface area contributed by atoms with Gasteiger partial charge in [-0.25, -0.2) is 0 Å². The van der Waals surface area contributed by atoms with E-state index in [1.165, 1.54) is 5.56 Å². The molecule has 0 heterocycles. The maximum Gasteiger partial charge on any atom is 0.122 e. The van der Waals surface area contributed by atoms with E-state index in [1.807, 2.05) is 30.3 Å². The topological polar surface area (TPSA) is 35.2 Å². The van der Waals surface area contributed by atoms with E-state index in [2.05, 4.69) is 30.8 Å². The summed E-state index contributed by atoms with van der Waals surface area (Å²) in [5.74, 6) is 0.909. The third-order valence-corrected chi connectivity index (χ3v) is 3.16. The third-order valence-electron chi connectivity index (χ3n) is 3.16. The van der Waals surface area contributed by atoms with Crippen molar-refractivity contribution in [1.82, 2.24) is 0 Å². The predicted octanol–water partition coefficient (Wildman–Crippen LogP) is 4.01. The van der Waals surface area contributed by atoms with Crippen molar-refractivity contribution in [2.24, 2.45) is 0 Å². The monoisotopic (exact) mass is 267 g/mol. The Bertz CT molecular complexity index is 549. The van der Waals surface area contributed by atoms with Gasteiger partial charge in [-0.15, -0.1) is 6.58 Å². The lowest BCUT2D eigenvalue weighted by molar-refractivity contribution is 0.308. The number of allylic oxidation sites excluding steroid dienone is 1. The van der Waals surface area contributed by atoms with Crippen LogP contribution in [0.2, 0.25) is 0 Å². The zero-order valence-electron chi connectivity index (χ0n) is 11.7. The third kappa shape index (κ3) is 4.16. The molecule has 104 valence electrons. The summed E-state index contributed by atoms with van der Waals surface area (Å²) < 4.78 is 5.86. The highest BCUT2D eigenvalue weighted by molar-refractivity contribution is 5.48. The predicted molar refractivity (Wildman–Crippen MR) is 85.0 cm³/mol. The van der Waals surface area contributed by atoms with Gasteiger partial charge in [-0.1, -0.05) is 36.4 Å². The number of rotatable bonds is 7. The van der Waals surface area contributed by atoms with Crippen LogP contribution in [0.5, 0.6) is 5.75 Å². The average Bonchev–Trinajstić information content (AvgIpc) is 2.47. The van der Waals surface area contributed by atoms with E-state index in [-0.39, 0.29) is 0 Å². The number of nitrogen functional groups attached to an aromatic ring is 1. The van der Waals surface area contributed by atoms with Crippen molar-refractivity contribution in [3.05, 3.63) is 72.3 Å². The summed E-state index contributed by atoms with van der Waals surface area (Å²) in [5, 5.41) is 0. The van der Waals surface area contributed by atoms with Gasteiger partial charge < -0.3 is 10.5 Å². The Morgan fingerprint density at radius 3 is 2.65 bits per heavy atom. The molecule has 2 aromatic carbocycles. The maximum absolute atomic E-state index is 5.86.